The third-order valence-electron chi connectivity index (χ3n) is 16.8. The molecule has 3 saturated heterocycles. The zero-order chi connectivity index (χ0) is 69.3. The normalized spacial score (nSPS) is 19.0. The van der Waals surface area contributed by atoms with Crippen molar-refractivity contribution in [3.8, 4) is 28.5 Å². The Labute approximate surface area is 549 Å². The topological polar surface area (TPSA) is 244 Å². The molecule has 3 fully saturated rings. The number of amides is 3. The number of rotatable bonds is 12. The molecular weight excluding hydrogens is 1280 g/mol. The maximum atomic E-state index is 14.0. The summed E-state index contributed by atoms with van der Waals surface area (Å²) < 4.78 is 134. The van der Waals surface area contributed by atoms with E-state index in [2.05, 4.69) is 66.0 Å². The number of benzene rings is 1. The summed E-state index contributed by atoms with van der Waals surface area (Å²) in [5.41, 5.74) is 1.04. The first-order chi connectivity index (χ1) is 46.2. The minimum Gasteiger partial charge on any atom is -0.444 e. The highest BCUT2D eigenvalue weighted by molar-refractivity contribution is 6.00. The molecule has 0 unspecified atom stereocenters. The number of carbonyl (C=O) groups excluding carboxylic acids is 3. The Morgan fingerprint density at radius 1 is 0.495 bits per heavy atom. The van der Waals surface area contributed by atoms with Crippen molar-refractivity contribution >= 4 is 35.2 Å². The third-order valence-corrected chi connectivity index (χ3v) is 16.8. The average molecular weight is 1350 g/mol. The fourth-order valence-corrected chi connectivity index (χ4v) is 11.6. The van der Waals surface area contributed by atoms with Crippen molar-refractivity contribution in [1.29, 1.82) is 0 Å². The number of oxazole rings is 1. The maximum Gasteiger partial charge on any atom is 0.417 e. The first kappa shape index (κ1) is 69.3. The van der Waals surface area contributed by atoms with Gasteiger partial charge in [0.25, 0.3) is 17.7 Å². The number of hydrogen-bond acceptors (Lipinski definition) is 17. The lowest BCUT2D eigenvalue weighted by Gasteiger charge is -2.40. The predicted molar refractivity (Wildman–Crippen MR) is 335 cm³/mol. The molecule has 9 aromatic rings. The molecule has 97 heavy (non-hydrogen) atoms. The predicted octanol–water partition coefficient (Wildman–Crippen LogP) is 12.9. The second-order valence-corrected chi connectivity index (χ2v) is 23.3. The molecule has 0 saturated carbocycles. The van der Waals surface area contributed by atoms with Gasteiger partial charge in [0, 0.05) is 98.3 Å². The number of nitrogens with zero attached hydrogens (tertiary/aromatic N) is 14. The van der Waals surface area contributed by atoms with Gasteiger partial charge in [-0.2, -0.15) is 54.5 Å². The van der Waals surface area contributed by atoms with E-state index < -0.39 is 41.0 Å². The number of aryl methyl sites for hydroxylation is 2. The van der Waals surface area contributed by atoms with E-state index in [-0.39, 0.29) is 76.7 Å². The molecule has 8 aromatic heterocycles. The van der Waals surface area contributed by atoms with Gasteiger partial charge in [0.2, 0.25) is 5.89 Å². The van der Waals surface area contributed by atoms with Gasteiger partial charge in [-0.25, -0.2) is 44.3 Å². The molecule has 6 atom stereocenters. The van der Waals surface area contributed by atoms with E-state index in [9.17, 15) is 58.3 Å². The van der Waals surface area contributed by atoms with E-state index in [1.54, 1.807) is 58.3 Å². The first-order valence-corrected chi connectivity index (χ1v) is 30.8. The molecule has 0 aliphatic carbocycles. The van der Waals surface area contributed by atoms with Crippen LogP contribution in [0.15, 0.2) is 145 Å². The molecule has 0 spiro atoms. The van der Waals surface area contributed by atoms with Gasteiger partial charge in [-0.05, 0) is 158 Å². The van der Waals surface area contributed by atoms with E-state index in [4.69, 9.17) is 4.42 Å². The first-order valence-electron chi connectivity index (χ1n) is 30.8. The standard InChI is InChI=1S/C23H23F3N6O.C22H22F3N5O2.C21H20F4N6O/c1-14-6-8-17(21-27-10-4-11-28-21)20(30-14)22(33)32-12-3-5-18(15(32)2)31-19-9-7-16(13-29-19)23(24,25)26;1-13-5-7-16(20-26-9-11-32-20)19(28-13)21(31)30-10-3-4-17(14(30)2)29-18-8-6-15(12-27-18)22(23,24)25;1-13-17(29-19-7-4-14(12-26-19)21(23,24)25)3-2-10-30(13)20(32)16-11-15(22)5-6-18(16)31-27-8-9-28-31/h4,6-11,13,15,18H,3,5,12H2,1-2H3,(H,29,31);5-9,11-12,14,17H,3-4,10H2,1-2H3,(H,27,29);4-9,11-13,17H,2-3,10H2,1H3,(H,26,29)/t15-,18+;14-,17+;13-,17+/m000/s1. The molecule has 3 aliphatic rings. The average Bonchev–Trinajstić information content (AvgIpc) is 1.44. The zero-order valence-corrected chi connectivity index (χ0v) is 52.8. The summed E-state index contributed by atoms with van der Waals surface area (Å²) in [7, 11) is 0. The second kappa shape index (κ2) is 29.7. The van der Waals surface area contributed by atoms with Gasteiger partial charge in [-0.15, -0.1) is 0 Å². The second-order valence-electron chi connectivity index (χ2n) is 23.3. The highest BCUT2D eigenvalue weighted by Crippen LogP contribution is 2.35. The summed E-state index contributed by atoms with van der Waals surface area (Å²) in [5, 5.41) is 17.5. The molecule has 21 nitrogen and oxygen atoms in total. The summed E-state index contributed by atoms with van der Waals surface area (Å²) in [4.78, 5) is 79.9. The van der Waals surface area contributed by atoms with Crippen LogP contribution in [0.1, 0.15) is 119 Å². The molecule has 0 radical (unpaired) electrons. The van der Waals surface area contributed by atoms with Gasteiger partial charge in [0.1, 0.15) is 40.9 Å². The van der Waals surface area contributed by atoms with E-state index in [0.29, 0.717) is 84.0 Å². The number of nitrogens with one attached hydrogen (secondary N) is 3. The maximum absolute atomic E-state index is 14.0. The van der Waals surface area contributed by atoms with E-state index in [1.807, 2.05) is 33.8 Å². The third kappa shape index (κ3) is 16.8. The highest BCUT2D eigenvalue weighted by Gasteiger charge is 2.39. The summed E-state index contributed by atoms with van der Waals surface area (Å²) in [6.45, 7) is 10.8. The Hall–Kier alpha value is -10.5. The zero-order valence-electron chi connectivity index (χ0n) is 52.8. The molecule has 3 amide bonds. The number of hydrogen-bond donors (Lipinski definition) is 3. The number of piperidine rings is 3. The van der Waals surface area contributed by atoms with Crippen LogP contribution in [-0.4, -0.2) is 143 Å². The van der Waals surface area contributed by atoms with Crippen LogP contribution >= 0.6 is 0 Å². The lowest BCUT2D eigenvalue weighted by atomic mass is 9.96. The van der Waals surface area contributed by atoms with Crippen LogP contribution in [0.5, 0.6) is 0 Å². The SMILES string of the molecule is C[C@H]1[C@H](Nc2ccc(C(F)(F)F)cn2)CCCN1C(=O)c1cc(F)ccc1-n1nccn1.Cc1ccc(-c2ncccn2)c(C(=O)N2CCC[C@@H](Nc3ccc(C(F)(F)F)cn3)[C@@H]2C)n1.Cc1ccc(-c2ncco2)c(C(=O)N2CCC[C@@H](Nc3ccc(C(F)(F)F)cn3)[C@@H]2C)n1. The molecule has 3 aliphatic heterocycles. The van der Waals surface area contributed by atoms with Crippen LogP contribution in [0.2, 0.25) is 0 Å². The smallest absolute Gasteiger partial charge is 0.417 e. The van der Waals surface area contributed by atoms with Crippen molar-refractivity contribution in [3.63, 3.8) is 0 Å². The van der Waals surface area contributed by atoms with Crippen molar-refractivity contribution < 1.29 is 62.7 Å². The van der Waals surface area contributed by atoms with Crippen LogP contribution in [0.3, 0.4) is 0 Å². The fourth-order valence-electron chi connectivity index (χ4n) is 11.6. The fraction of sp³-hybridized carbons (Fsp3) is 0.348. The van der Waals surface area contributed by atoms with Crippen LogP contribution in [0, 0.1) is 19.7 Å². The summed E-state index contributed by atoms with van der Waals surface area (Å²) >= 11 is 0. The number of pyridine rings is 5. The number of anilines is 3. The Morgan fingerprint density at radius 3 is 1.32 bits per heavy atom. The Balaban J connectivity index is 0.000000158. The van der Waals surface area contributed by atoms with Gasteiger partial charge < -0.3 is 35.1 Å². The Morgan fingerprint density at radius 2 is 0.918 bits per heavy atom. The van der Waals surface area contributed by atoms with Gasteiger partial charge in [-0.1, -0.05) is 0 Å². The molecule has 31 heteroatoms. The van der Waals surface area contributed by atoms with Crippen molar-refractivity contribution in [3.05, 3.63) is 192 Å². The molecule has 0 bridgehead atoms. The number of carbonyl (C=O) groups is 3. The molecule has 508 valence electrons. The van der Waals surface area contributed by atoms with E-state index >= 15 is 0 Å². The van der Waals surface area contributed by atoms with Gasteiger partial charge in [0.05, 0.1) is 57.7 Å². The summed E-state index contributed by atoms with van der Waals surface area (Å²) in [6.07, 6.45) is 2.45. The monoisotopic (exact) mass is 1350 g/mol. The van der Waals surface area contributed by atoms with Crippen LogP contribution < -0.4 is 16.0 Å². The Kier molecular flexibility index (Phi) is 21.2. The summed E-state index contributed by atoms with van der Waals surface area (Å²) in [5.74, 6) is 0.266. The van der Waals surface area contributed by atoms with Crippen molar-refractivity contribution in [2.45, 2.75) is 128 Å². The lowest BCUT2D eigenvalue weighted by molar-refractivity contribution is -0.138. The number of likely N-dealkylation sites (tertiary alicyclic amines) is 3. The van der Waals surface area contributed by atoms with Gasteiger partial charge in [0.15, 0.2) is 5.82 Å². The van der Waals surface area contributed by atoms with Crippen LogP contribution in [-0.2, 0) is 18.5 Å². The quantitative estimate of drug-likeness (QED) is 0.0963. The van der Waals surface area contributed by atoms with Gasteiger partial charge in [-0.3, -0.25) is 14.4 Å². The highest BCUT2D eigenvalue weighted by atomic mass is 19.4. The number of alkyl halides is 9. The number of halogens is 10. The number of aromatic nitrogens is 11. The molecule has 12 rings (SSSR count). The molecule has 11 heterocycles. The van der Waals surface area contributed by atoms with E-state index in [0.717, 1.165) is 68.5 Å². The van der Waals surface area contributed by atoms with Crippen molar-refractivity contribution in [2.75, 3.05) is 35.6 Å². The van der Waals surface area contributed by atoms with Crippen molar-refractivity contribution in [1.82, 2.24) is 69.6 Å². The summed E-state index contributed by atoms with van der Waals surface area (Å²) in [6, 6.07) is 18.1. The molecular formula is C66H65F10N17O4. The largest absolute Gasteiger partial charge is 0.444 e. The molecule has 3 N–H and O–H groups in total. The van der Waals surface area contributed by atoms with Gasteiger partial charge >= 0.3 is 18.5 Å². The van der Waals surface area contributed by atoms with Crippen LogP contribution in [0.25, 0.3) is 28.5 Å². The van der Waals surface area contributed by atoms with Crippen LogP contribution in [0.4, 0.5) is 61.4 Å². The van der Waals surface area contributed by atoms with Crippen molar-refractivity contribution in [2.24, 2.45) is 0 Å². The van der Waals surface area contributed by atoms with E-state index in [1.165, 1.54) is 60.0 Å². The molecule has 1 aromatic carbocycles. The Bertz CT molecular complexity index is 3960. The minimum absolute atomic E-state index is 0.126. The minimum atomic E-state index is -4.46. The lowest BCUT2D eigenvalue weighted by Crippen LogP contribution is -2.52.